The topological polar surface area (TPSA) is 116 Å². The summed E-state index contributed by atoms with van der Waals surface area (Å²) in [7, 11) is 3.29. The lowest BCUT2D eigenvalue weighted by Gasteiger charge is -2.40. The number of piperazine rings is 1. The summed E-state index contributed by atoms with van der Waals surface area (Å²) in [5.41, 5.74) is 6.07. The molecule has 3 rings (SSSR count). The van der Waals surface area contributed by atoms with Crippen molar-refractivity contribution < 1.29 is 14.3 Å². The molecule has 3 N–H and O–H groups in total. The number of nitrogens with one attached hydrogen (secondary N) is 1. The fourth-order valence-corrected chi connectivity index (χ4v) is 4.10. The van der Waals surface area contributed by atoms with Crippen LogP contribution in [0.1, 0.15) is 31.2 Å². The number of carbonyl (C=O) groups is 2. The van der Waals surface area contributed by atoms with Crippen LogP contribution < -0.4 is 10.6 Å². The van der Waals surface area contributed by atoms with Crippen molar-refractivity contribution in [1.82, 2.24) is 14.8 Å². The second-order valence-electron chi connectivity index (χ2n) is 7.71. The summed E-state index contributed by atoms with van der Waals surface area (Å²) < 4.78 is 4.84. The van der Waals surface area contributed by atoms with Crippen molar-refractivity contribution in [3.8, 4) is 0 Å². The van der Waals surface area contributed by atoms with Crippen molar-refractivity contribution in [2.45, 2.75) is 31.7 Å². The van der Waals surface area contributed by atoms with E-state index in [1.165, 1.54) is 7.11 Å². The fourth-order valence-electron chi connectivity index (χ4n) is 4.10. The Hall–Kier alpha value is -2.55. The van der Waals surface area contributed by atoms with Crippen LogP contribution in [0.3, 0.4) is 0 Å². The molecule has 0 bridgehead atoms. The van der Waals surface area contributed by atoms with E-state index in [1.807, 2.05) is 22.9 Å². The number of anilines is 1. The van der Waals surface area contributed by atoms with Crippen molar-refractivity contribution in [3.05, 3.63) is 23.9 Å². The molecule has 166 valence electrons. The number of amides is 2. The largest absolute Gasteiger partial charge is 0.469 e. The summed E-state index contributed by atoms with van der Waals surface area (Å²) in [4.78, 5) is 34.8. The van der Waals surface area contributed by atoms with Gasteiger partial charge in [0.05, 0.1) is 13.0 Å². The molecule has 0 unspecified atom stereocenters. The lowest BCUT2D eigenvalue weighted by molar-refractivity contribution is -0.146. The van der Waals surface area contributed by atoms with Gasteiger partial charge in [0, 0.05) is 51.0 Å². The fraction of sp³-hybridized carbons (Fsp3) is 0.600. The quantitative estimate of drug-likeness (QED) is 0.420. The molecule has 2 heterocycles. The van der Waals surface area contributed by atoms with Gasteiger partial charge in [-0.05, 0) is 37.8 Å². The highest BCUT2D eigenvalue weighted by Gasteiger charge is 2.32. The van der Waals surface area contributed by atoms with Crippen molar-refractivity contribution in [3.63, 3.8) is 0 Å². The number of esters is 1. The third-order valence-corrected chi connectivity index (χ3v) is 6.01. The zero-order valence-electron chi connectivity index (χ0n) is 17.5. The number of urea groups is 1. The van der Waals surface area contributed by atoms with E-state index in [0.29, 0.717) is 31.7 Å². The predicted octanol–water partition coefficient (Wildman–Crippen LogP) is 1.69. The van der Waals surface area contributed by atoms with Crippen LogP contribution in [-0.4, -0.2) is 79.0 Å². The maximum absolute atomic E-state index is 12.9. The number of ether oxygens (including phenoxy) is 1. The van der Waals surface area contributed by atoms with E-state index in [1.54, 1.807) is 12.3 Å². The Bertz CT molecular complexity index is 743. The molecular formula is C20H31ClN6O3. The Morgan fingerprint density at radius 1 is 1.17 bits per heavy atom. The van der Waals surface area contributed by atoms with Crippen molar-refractivity contribution in [2.75, 3.05) is 45.2 Å². The molecule has 2 fully saturated rings. The number of amidine groups is 1. The minimum atomic E-state index is -0.140. The first-order valence-corrected chi connectivity index (χ1v) is 10.1. The molecular weight excluding hydrogens is 408 g/mol. The molecule has 9 nitrogen and oxygen atoms in total. The molecule has 1 saturated heterocycles. The second kappa shape index (κ2) is 10.5. The molecule has 0 atom stereocenters. The Balaban J connectivity index is 0.00000320. The highest BCUT2D eigenvalue weighted by molar-refractivity contribution is 5.94. The van der Waals surface area contributed by atoms with Gasteiger partial charge in [0.1, 0.15) is 11.7 Å². The predicted molar refractivity (Wildman–Crippen MR) is 117 cm³/mol. The zero-order valence-corrected chi connectivity index (χ0v) is 18.4. The van der Waals surface area contributed by atoms with Crippen LogP contribution in [0, 0.1) is 11.3 Å². The van der Waals surface area contributed by atoms with E-state index in [2.05, 4.69) is 9.88 Å². The van der Waals surface area contributed by atoms with E-state index >= 15 is 0 Å². The standard InChI is InChI=1S/C20H30N6O3.ClH/c1-24(16-6-3-14(4-7-16)19(27)29-2)20(28)26-11-9-25(10-12-26)17-8-5-15(13-23-17)18(21)22;/h5,8,13-14,16H,3-4,6-7,9-12H2,1-2H3,(H3,21,22);1H. The number of methoxy groups -OCH3 is 1. The Labute approximate surface area is 183 Å². The molecule has 1 aliphatic carbocycles. The first-order valence-electron chi connectivity index (χ1n) is 10.1. The van der Waals surface area contributed by atoms with Gasteiger partial charge in [-0.25, -0.2) is 9.78 Å². The average Bonchev–Trinajstić information content (AvgIpc) is 2.77. The molecule has 2 amide bonds. The van der Waals surface area contributed by atoms with Gasteiger partial charge in [0.25, 0.3) is 0 Å². The molecule has 0 aromatic carbocycles. The lowest BCUT2D eigenvalue weighted by Crippen LogP contribution is -2.54. The first kappa shape index (κ1) is 23.7. The Morgan fingerprint density at radius 3 is 2.30 bits per heavy atom. The maximum Gasteiger partial charge on any atom is 0.320 e. The minimum Gasteiger partial charge on any atom is -0.469 e. The SMILES string of the molecule is COC(=O)C1CCC(N(C)C(=O)N2CCN(c3ccc(C(=N)N)cn3)CC2)CC1.Cl. The highest BCUT2D eigenvalue weighted by Crippen LogP contribution is 2.28. The number of nitrogens with two attached hydrogens (primary N) is 1. The summed E-state index contributed by atoms with van der Waals surface area (Å²) >= 11 is 0. The number of rotatable bonds is 4. The number of hydrogen-bond acceptors (Lipinski definition) is 6. The lowest BCUT2D eigenvalue weighted by atomic mass is 9.85. The van der Waals surface area contributed by atoms with Gasteiger partial charge in [-0.15, -0.1) is 12.4 Å². The number of aromatic nitrogens is 1. The van der Waals surface area contributed by atoms with E-state index in [9.17, 15) is 9.59 Å². The van der Waals surface area contributed by atoms with Gasteiger partial charge < -0.3 is 25.2 Å². The molecule has 1 aromatic rings. The summed E-state index contributed by atoms with van der Waals surface area (Å²) in [6.45, 7) is 2.69. The molecule has 0 radical (unpaired) electrons. The molecule has 30 heavy (non-hydrogen) atoms. The van der Waals surface area contributed by atoms with Gasteiger partial charge in [-0.2, -0.15) is 0 Å². The monoisotopic (exact) mass is 438 g/mol. The number of hydrogen-bond donors (Lipinski definition) is 2. The number of halogens is 1. The molecule has 1 aromatic heterocycles. The van der Waals surface area contributed by atoms with Crippen LogP contribution in [0.4, 0.5) is 10.6 Å². The van der Waals surface area contributed by atoms with Crippen LogP contribution in [0.2, 0.25) is 0 Å². The summed E-state index contributed by atoms with van der Waals surface area (Å²) in [6, 6.07) is 3.87. The molecule has 0 spiro atoms. The van der Waals surface area contributed by atoms with Gasteiger partial charge in [0.2, 0.25) is 0 Å². The average molecular weight is 439 g/mol. The summed E-state index contributed by atoms with van der Waals surface area (Å²) in [6.07, 6.45) is 4.80. The summed E-state index contributed by atoms with van der Waals surface area (Å²) in [5, 5.41) is 7.44. The highest BCUT2D eigenvalue weighted by atomic mass is 35.5. The van der Waals surface area contributed by atoms with Gasteiger partial charge in [-0.3, -0.25) is 10.2 Å². The van der Waals surface area contributed by atoms with E-state index < -0.39 is 0 Å². The normalized spacial score (nSPS) is 21.4. The smallest absolute Gasteiger partial charge is 0.320 e. The van der Waals surface area contributed by atoms with Crippen LogP contribution >= 0.6 is 12.4 Å². The third-order valence-electron chi connectivity index (χ3n) is 6.01. The maximum atomic E-state index is 12.9. The molecule has 2 aliphatic rings. The van der Waals surface area contributed by atoms with E-state index in [4.69, 9.17) is 15.9 Å². The number of pyridine rings is 1. The molecule has 10 heteroatoms. The minimum absolute atomic E-state index is 0. The summed E-state index contributed by atoms with van der Waals surface area (Å²) in [5.74, 6) is 0.656. The number of carbonyl (C=O) groups excluding carboxylic acids is 2. The second-order valence-corrected chi connectivity index (χ2v) is 7.71. The van der Waals surface area contributed by atoms with Crippen molar-refractivity contribution in [1.29, 1.82) is 5.41 Å². The van der Waals surface area contributed by atoms with Crippen LogP contribution in [0.25, 0.3) is 0 Å². The van der Waals surface area contributed by atoms with E-state index in [0.717, 1.165) is 31.5 Å². The zero-order chi connectivity index (χ0) is 21.0. The van der Waals surface area contributed by atoms with Crippen molar-refractivity contribution in [2.24, 2.45) is 11.7 Å². The van der Waals surface area contributed by atoms with Crippen LogP contribution in [-0.2, 0) is 9.53 Å². The third kappa shape index (κ3) is 5.33. The van der Waals surface area contributed by atoms with Gasteiger partial charge >= 0.3 is 12.0 Å². The van der Waals surface area contributed by atoms with E-state index in [-0.39, 0.29) is 42.2 Å². The van der Waals surface area contributed by atoms with Crippen molar-refractivity contribution >= 4 is 36.1 Å². The number of nitrogen functional groups attached to an aromatic ring is 1. The van der Waals surface area contributed by atoms with Gasteiger partial charge in [-0.1, -0.05) is 0 Å². The van der Waals surface area contributed by atoms with Gasteiger partial charge in [0.15, 0.2) is 0 Å². The molecule has 1 saturated carbocycles. The van der Waals surface area contributed by atoms with Crippen LogP contribution in [0.5, 0.6) is 0 Å². The molecule has 1 aliphatic heterocycles. The number of nitrogens with zero attached hydrogens (tertiary/aromatic N) is 4. The van der Waals surface area contributed by atoms with Crippen LogP contribution in [0.15, 0.2) is 18.3 Å². The first-order chi connectivity index (χ1) is 13.9. The Morgan fingerprint density at radius 2 is 1.80 bits per heavy atom. The Kier molecular flexibility index (Phi) is 8.28.